The molecular weight excluding hydrogens is 210 g/mol. The van der Waals surface area contributed by atoms with Gasteiger partial charge in [-0.1, -0.05) is 40.0 Å². The van der Waals surface area contributed by atoms with Crippen LogP contribution in [0.4, 0.5) is 0 Å². The molecule has 0 aromatic rings. The first kappa shape index (κ1) is 14.7. The molecule has 2 heteroatoms. The molecule has 1 aliphatic rings. The molecule has 0 radical (unpaired) electrons. The molecule has 0 heterocycles. The minimum atomic E-state index is -0.175. The van der Waals surface area contributed by atoms with Crippen molar-refractivity contribution in [3.63, 3.8) is 0 Å². The van der Waals surface area contributed by atoms with Crippen molar-refractivity contribution in [2.45, 2.75) is 59.3 Å². The van der Waals surface area contributed by atoms with Gasteiger partial charge in [-0.3, -0.25) is 4.79 Å². The number of hydrogen-bond acceptors (Lipinski definition) is 2. The summed E-state index contributed by atoms with van der Waals surface area (Å²) in [7, 11) is 2.16. The average Bonchev–Trinajstić information content (AvgIpc) is 2.26. The van der Waals surface area contributed by atoms with E-state index in [-0.39, 0.29) is 5.41 Å². The lowest BCUT2D eigenvalue weighted by Gasteiger charge is -2.27. The van der Waals surface area contributed by atoms with Crippen LogP contribution in [0.5, 0.6) is 0 Å². The van der Waals surface area contributed by atoms with E-state index < -0.39 is 0 Å². The first-order chi connectivity index (χ1) is 7.89. The summed E-state index contributed by atoms with van der Waals surface area (Å²) in [6, 6.07) is 0. The van der Waals surface area contributed by atoms with Crippen LogP contribution in [-0.4, -0.2) is 30.8 Å². The highest BCUT2D eigenvalue weighted by Gasteiger charge is 2.21. The summed E-state index contributed by atoms with van der Waals surface area (Å²) in [6.45, 7) is 8.13. The van der Waals surface area contributed by atoms with Crippen molar-refractivity contribution in [1.29, 1.82) is 0 Å². The molecule has 1 saturated carbocycles. The first-order valence-corrected chi connectivity index (χ1v) is 7.11. The Morgan fingerprint density at radius 2 is 1.76 bits per heavy atom. The Hall–Kier alpha value is -0.370. The molecule has 0 aromatic heterocycles. The Bertz CT molecular complexity index is 236. The normalized spacial score (nSPS) is 18.6. The third-order valence-electron chi connectivity index (χ3n) is 3.85. The highest BCUT2D eigenvalue weighted by molar-refractivity contribution is 5.83. The van der Waals surface area contributed by atoms with E-state index in [0.29, 0.717) is 12.2 Å². The van der Waals surface area contributed by atoms with E-state index in [1.165, 1.54) is 38.6 Å². The van der Waals surface area contributed by atoms with Gasteiger partial charge < -0.3 is 4.90 Å². The lowest BCUT2D eigenvalue weighted by Crippen LogP contribution is -2.31. The van der Waals surface area contributed by atoms with Crippen LogP contribution in [-0.2, 0) is 4.79 Å². The molecule has 1 fully saturated rings. The second kappa shape index (κ2) is 6.53. The van der Waals surface area contributed by atoms with Gasteiger partial charge in [0.2, 0.25) is 0 Å². The van der Waals surface area contributed by atoms with E-state index in [1.807, 2.05) is 20.8 Å². The van der Waals surface area contributed by atoms with Crippen LogP contribution in [0.15, 0.2) is 0 Å². The largest absolute Gasteiger partial charge is 0.306 e. The standard InChI is InChI=1S/C15H29NO/c1-15(2,3)14(17)10-11-16(4)12-13-8-6-5-7-9-13/h13H,5-12H2,1-4H3. The van der Waals surface area contributed by atoms with Crippen LogP contribution in [0.3, 0.4) is 0 Å². The fourth-order valence-corrected chi connectivity index (χ4v) is 2.57. The molecule has 0 N–H and O–H groups in total. The number of carbonyl (C=O) groups excluding carboxylic acids is 1. The van der Waals surface area contributed by atoms with Crippen molar-refractivity contribution in [3.05, 3.63) is 0 Å². The van der Waals surface area contributed by atoms with Crippen LogP contribution < -0.4 is 0 Å². The van der Waals surface area contributed by atoms with Crippen LogP contribution >= 0.6 is 0 Å². The Morgan fingerprint density at radius 1 is 1.18 bits per heavy atom. The molecule has 1 aliphatic carbocycles. The number of ketones is 1. The molecule has 0 aromatic carbocycles. The topological polar surface area (TPSA) is 20.3 Å². The molecule has 17 heavy (non-hydrogen) atoms. The van der Waals surface area contributed by atoms with E-state index in [1.54, 1.807) is 0 Å². The highest BCUT2D eigenvalue weighted by atomic mass is 16.1. The Kier molecular flexibility index (Phi) is 5.64. The number of nitrogens with zero attached hydrogens (tertiary/aromatic N) is 1. The molecule has 100 valence electrons. The SMILES string of the molecule is CN(CCC(=O)C(C)(C)C)CC1CCCCC1. The summed E-state index contributed by atoms with van der Waals surface area (Å²) in [5, 5.41) is 0. The van der Waals surface area contributed by atoms with Gasteiger partial charge in [-0.05, 0) is 25.8 Å². The van der Waals surface area contributed by atoms with Gasteiger partial charge in [-0.2, -0.15) is 0 Å². The number of hydrogen-bond donors (Lipinski definition) is 0. The molecule has 0 bridgehead atoms. The Labute approximate surface area is 107 Å². The van der Waals surface area contributed by atoms with Gasteiger partial charge in [-0.25, -0.2) is 0 Å². The van der Waals surface area contributed by atoms with Gasteiger partial charge in [0.1, 0.15) is 5.78 Å². The van der Waals surface area contributed by atoms with Gasteiger partial charge in [0, 0.05) is 24.9 Å². The number of rotatable bonds is 5. The Balaban J connectivity index is 2.20. The summed E-state index contributed by atoms with van der Waals surface area (Å²) in [4.78, 5) is 14.2. The highest BCUT2D eigenvalue weighted by Crippen LogP contribution is 2.24. The van der Waals surface area contributed by atoms with Crippen molar-refractivity contribution in [1.82, 2.24) is 4.90 Å². The lowest BCUT2D eigenvalue weighted by molar-refractivity contribution is -0.126. The predicted octanol–water partition coefficient (Wildman–Crippen LogP) is 3.50. The minimum Gasteiger partial charge on any atom is -0.306 e. The molecule has 1 rings (SSSR count). The monoisotopic (exact) mass is 239 g/mol. The van der Waals surface area contributed by atoms with Crippen LogP contribution in [0, 0.1) is 11.3 Å². The van der Waals surface area contributed by atoms with Crippen LogP contribution in [0.2, 0.25) is 0 Å². The van der Waals surface area contributed by atoms with E-state index in [2.05, 4.69) is 11.9 Å². The summed E-state index contributed by atoms with van der Waals surface area (Å²) in [5.74, 6) is 1.26. The summed E-state index contributed by atoms with van der Waals surface area (Å²) in [6.07, 6.45) is 7.70. The fourth-order valence-electron chi connectivity index (χ4n) is 2.57. The van der Waals surface area contributed by atoms with Crippen LogP contribution in [0.25, 0.3) is 0 Å². The van der Waals surface area contributed by atoms with Gasteiger partial charge in [0.05, 0.1) is 0 Å². The molecule has 2 nitrogen and oxygen atoms in total. The maximum atomic E-state index is 11.8. The number of carbonyl (C=O) groups is 1. The van der Waals surface area contributed by atoms with Crippen LogP contribution in [0.1, 0.15) is 59.3 Å². The zero-order valence-corrected chi connectivity index (χ0v) is 12.1. The molecular formula is C15H29NO. The predicted molar refractivity (Wildman–Crippen MR) is 73.2 cm³/mol. The van der Waals surface area contributed by atoms with Crippen molar-refractivity contribution >= 4 is 5.78 Å². The average molecular weight is 239 g/mol. The zero-order chi connectivity index (χ0) is 12.9. The van der Waals surface area contributed by atoms with Crippen molar-refractivity contribution < 1.29 is 4.79 Å². The number of Topliss-reactive ketones (excluding diaryl/α,β-unsaturated/α-hetero) is 1. The van der Waals surface area contributed by atoms with Gasteiger partial charge in [-0.15, -0.1) is 0 Å². The van der Waals surface area contributed by atoms with E-state index in [0.717, 1.165) is 12.5 Å². The van der Waals surface area contributed by atoms with E-state index >= 15 is 0 Å². The first-order valence-electron chi connectivity index (χ1n) is 7.11. The van der Waals surface area contributed by atoms with Gasteiger partial charge >= 0.3 is 0 Å². The molecule has 0 spiro atoms. The molecule has 0 atom stereocenters. The minimum absolute atomic E-state index is 0.175. The zero-order valence-electron chi connectivity index (χ0n) is 12.1. The molecule has 0 amide bonds. The smallest absolute Gasteiger partial charge is 0.139 e. The summed E-state index contributed by atoms with van der Waals surface area (Å²) >= 11 is 0. The fraction of sp³-hybridized carbons (Fsp3) is 0.933. The molecule has 0 unspecified atom stereocenters. The van der Waals surface area contributed by atoms with E-state index in [4.69, 9.17) is 0 Å². The van der Waals surface area contributed by atoms with Crippen molar-refractivity contribution in [3.8, 4) is 0 Å². The Morgan fingerprint density at radius 3 is 2.29 bits per heavy atom. The molecule has 0 aliphatic heterocycles. The van der Waals surface area contributed by atoms with E-state index in [9.17, 15) is 4.79 Å². The van der Waals surface area contributed by atoms with Crippen molar-refractivity contribution in [2.75, 3.05) is 20.1 Å². The second-order valence-corrected chi connectivity index (χ2v) is 6.69. The third kappa shape index (κ3) is 5.67. The maximum Gasteiger partial charge on any atom is 0.139 e. The second-order valence-electron chi connectivity index (χ2n) is 6.69. The summed E-state index contributed by atoms with van der Waals surface area (Å²) < 4.78 is 0. The maximum absolute atomic E-state index is 11.8. The summed E-state index contributed by atoms with van der Waals surface area (Å²) in [5.41, 5.74) is -0.175. The molecule has 0 saturated heterocycles. The third-order valence-corrected chi connectivity index (χ3v) is 3.85. The van der Waals surface area contributed by atoms with Crippen molar-refractivity contribution in [2.24, 2.45) is 11.3 Å². The lowest BCUT2D eigenvalue weighted by atomic mass is 9.88. The quantitative estimate of drug-likeness (QED) is 0.732. The van der Waals surface area contributed by atoms with Gasteiger partial charge in [0.25, 0.3) is 0 Å². The van der Waals surface area contributed by atoms with Gasteiger partial charge in [0.15, 0.2) is 0 Å².